The van der Waals surface area contributed by atoms with E-state index in [1.807, 2.05) is 0 Å². The van der Waals surface area contributed by atoms with Crippen LogP contribution in [0.5, 0.6) is 0 Å². The van der Waals surface area contributed by atoms with Crippen molar-refractivity contribution >= 4 is 101 Å². The molecule has 76 heavy (non-hydrogen) atoms. The predicted molar refractivity (Wildman–Crippen MR) is 327 cm³/mol. The second kappa shape index (κ2) is 17.7. The third-order valence-corrected chi connectivity index (χ3v) is 26.2. The number of hydrogen-bond acceptors (Lipinski definition) is 0. The summed E-state index contributed by atoms with van der Waals surface area (Å²) in [6, 6.07) is 114. The van der Waals surface area contributed by atoms with Crippen LogP contribution in [0.25, 0.3) is 77.2 Å². The van der Waals surface area contributed by atoms with Gasteiger partial charge in [0.1, 0.15) is 0 Å². The van der Waals surface area contributed by atoms with Gasteiger partial charge in [0.25, 0.3) is 0 Å². The highest BCUT2D eigenvalue weighted by Gasteiger charge is 2.49. The number of aromatic nitrogens is 2. The number of rotatable bonds is 9. The van der Waals surface area contributed by atoms with Gasteiger partial charge in [-0.1, -0.05) is 261 Å². The molecule has 0 saturated heterocycles. The van der Waals surface area contributed by atoms with E-state index in [4.69, 9.17) is 0 Å². The van der Waals surface area contributed by atoms with Crippen molar-refractivity contribution in [2.24, 2.45) is 0 Å². The Bertz CT molecular complexity index is 4350. The van der Waals surface area contributed by atoms with Crippen LogP contribution >= 0.6 is 0 Å². The maximum absolute atomic E-state index is 2.73. The molecule has 3 heterocycles. The van der Waals surface area contributed by atoms with Crippen molar-refractivity contribution in [1.29, 1.82) is 0 Å². The second-order valence-corrected chi connectivity index (χ2v) is 27.8. The van der Waals surface area contributed by atoms with E-state index >= 15 is 0 Å². The second-order valence-electron chi connectivity index (χ2n) is 20.3. The normalized spacial score (nSPS) is 12.8. The van der Waals surface area contributed by atoms with Crippen molar-refractivity contribution in [1.82, 2.24) is 9.13 Å². The molecule has 2 aromatic heterocycles. The van der Waals surface area contributed by atoms with Crippen LogP contribution in [0.15, 0.2) is 303 Å². The first-order chi connectivity index (χ1) is 37.7. The summed E-state index contributed by atoms with van der Waals surface area (Å²) < 4.78 is 5.03. The van der Waals surface area contributed by atoms with Crippen LogP contribution < -0.4 is 41.5 Å². The summed E-state index contributed by atoms with van der Waals surface area (Å²) >= 11 is 0. The molecule has 2 nitrogen and oxygen atoms in total. The summed E-state index contributed by atoms with van der Waals surface area (Å²) in [6.07, 6.45) is 0. The summed E-state index contributed by atoms with van der Waals surface area (Å²) in [6.45, 7) is 0. The van der Waals surface area contributed by atoms with Crippen LogP contribution in [0.2, 0.25) is 0 Å². The highest BCUT2D eigenvalue weighted by atomic mass is 28.3. The van der Waals surface area contributed by atoms with Gasteiger partial charge in [-0.25, -0.2) is 0 Å². The van der Waals surface area contributed by atoms with Gasteiger partial charge in [-0.05, 0) is 106 Å². The Labute approximate surface area is 444 Å². The summed E-state index contributed by atoms with van der Waals surface area (Å²) in [5.41, 5.74) is 12.2. The third kappa shape index (κ3) is 6.38. The fraction of sp³-hybridized carbons (Fsp3) is 0. The Morgan fingerprint density at radius 3 is 1.36 bits per heavy atom. The van der Waals surface area contributed by atoms with Crippen molar-refractivity contribution < 1.29 is 0 Å². The molecule has 0 amide bonds. The predicted octanol–water partition coefficient (Wildman–Crippen LogP) is 12.3. The fourth-order valence-electron chi connectivity index (χ4n) is 13.5. The summed E-state index contributed by atoms with van der Waals surface area (Å²) in [5, 5.41) is 16.1. The first kappa shape index (κ1) is 44.2. The molecular weight excluding hydrogens is 949 g/mol. The smallest absolute Gasteiger partial charge is 0.180 e. The molecule has 0 radical (unpaired) electrons. The molecule has 0 saturated carbocycles. The van der Waals surface area contributed by atoms with Crippen LogP contribution in [0.4, 0.5) is 0 Å². The minimum atomic E-state index is -2.73. The van der Waals surface area contributed by atoms with Gasteiger partial charge in [-0.3, -0.25) is 0 Å². The highest BCUT2D eigenvalue weighted by molar-refractivity contribution is 7.22. The Kier molecular flexibility index (Phi) is 10.3. The monoisotopic (exact) mass is 998 g/mol. The highest BCUT2D eigenvalue weighted by Crippen LogP contribution is 2.42. The average Bonchev–Trinajstić information content (AvgIpc) is 4.18. The number of benzene rings is 12. The number of para-hydroxylation sites is 3. The summed E-state index contributed by atoms with van der Waals surface area (Å²) in [7, 11) is -5.40. The van der Waals surface area contributed by atoms with Gasteiger partial charge in [0.05, 0.1) is 27.8 Å². The Morgan fingerprint density at radius 2 is 0.737 bits per heavy atom. The van der Waals surface area contributed by atoms with Crippen LogP contribution in [0, 0.1) is 0 Å². The van der Waals surface area contributed by atoms with Crippen LogP contribution in [-0.2, 0) is 0 Å². The molecule has 12 aromatic carbocycles. The molecule has 1 aliphatic rings. The molecule has 0 fully saturated rings. The zero-order valence-electron chi connectivity index (χ0n) is 41.8. The number of hydrogen-bond donors (Lipinski definition) is 0. The molecule has 0 aliphatic carbocycles. The van der Waals surface area contributed by atoms with Gasteiger partial charge in [0, 0.05) is 27.2 Å². The van der Waals surface area contributed by atoms with Crippen LogP contribution in [-0.4, -0.2) is 25.3 Å². The van der Waals surface area contributed by atoms with Crippen molar-refractivity contribution in [2.75, 3.05) is 0 Å². The lowest BCUT2D eigenvalue weighted by molar-refractivity contribution is 1.13. The van der Waals surface area contributed by atoms with Gasteiger partial charge in [0.15, 0.2) is 16.1 Å². The zero-order chi connectivity index (χ0) is 50.2. The van der Waals surface area contributed by atoms with E-state index in [1.165, 1.54) is 107 Å². The first-order valence-electron chi connectivity index (χ1n) is 26.4. The summed E-state index contributed by atoms with van der Waals surface area (Å²) in [5.74, 6) is 0. The maximum atomic E-state index is 2.52. The lowest BCUT2D eigenvalue weighted by atomic mass is 9.94. The van der Waals surface area contributed by atoms with Gasteiger partial charge >= 0.3 is 0 Å². The van der Waals surface area contributed by atoms with E-state index in [2.05, 4.69) is 312 Å². The molecule has 356 valence electrons. The maximum Gasteiger partial charge on any atom is 0.180 e. The van der Waals surface area contributed by atoms with Crippen molar-refractivity contribution in [2.45, 2.75) is 0 Å². The lowest BCUT2D eigenvalue weighted by Gasteiger charge is -2.34. The molecule has 0 bridgehead atoms. The zero-order valence-corrected chi connectivity index (χ0v) is 43.8. The molecule has 4 heteroatoms. The van der Waals surface area contributed by atoms with Crippen LogP contribution in [0.1, 0.15) is 0 Å². The SMILES string of the molecule is c1ccc([Si](c2ccccc2)(c2ccccc2)c2ccc(-n3c4ccccc4c4cccc(-n5c6ccccc6c6cc(-c7cccc8c7-c7ccccc7[Si]8(c7ccccc7)c7ccccc7)ccc65)c43)cc2)cc1. The van der Waals surface area contributed by atoms with Gasteiger partial charge in [0.2, 0.25) is 0 Å². The largest absolute Gasteiger partial charge is 0.307 e. The van der Waals surface area contributed by atoms with E-state index in [1.54, 1.807) is 0 Å². The van der Waals surface area contributed by atoms with Crippen LogP contribution in [0.3, 0.4) is 0 Å². The molecule has 0 N–H and O–H groups in total. The standard InChI is InChI=1S/C72H50N2Si2/c1-6-24-53(25-7-1)75(54-26-8-2-9-27-54,55-28-10-3-11-29-55)58-47-45-52(46-48-58)73-65-39-19-16-34-60(65)62-38-22-41-68(72(62)73)74-66-40-20-17-35-61(66)64-50-51(44-49-67(64)74)59-37-23-43-70-71(59)63-36-18-21-42-69(63)76(70,56-30-12-4-13-31-56)57-32-14-5-15-33-57/h1-50H. The van der Waals surface area contributed by atoms with E-state index in [0.717, 1.165) is 11.4 Å². The van der Waals surface area contributed by atoms with E-state index in [0.29, 0.717) is 0 Å². The quantitative estimate of drug-likeness (QED) is 0.101. The molecule has 0 spiro atoms. The Hall–Kier alpha value is -9.33. The lowest BCUT2D eigenvalue weighted by Crippen LogP contribution is -2.74. The molecule has 0 atom stereocenters. The van der Waals surface area contributed by atoms with Crippen molar-refractivity contribution in [3.8, 4) is 33.6 Å². The van der Waals surface area contributed by atoms with Gasteiger partial charge in [-0.2, -0.15) is 0 Å². The number of fused-ring (bicyclic) bond motifs is 9. The van der Waals surface area contributed by atoms with E-state index in [-0.39, 0.29) is 0 Å². The fourth-order valence-corrected chi connectivity index (χ4v) is 23.5. The first-order valence-corrected chi connectivity index (χ1v) is 30.4. The van der Waals surface area contributed by atoms with Gasteiger partial charge in [-0.15, -0.1) is 0 Å². The molecule has 1 aliphatic heterocycles. The minimum absolute atomic E-state index is 1.13. The molecule has 15 rings (SSSR count). The average molecular weight is 999 g/mol. The molecule has 14 aromatic rings. The van der Waals surface area contributed by atoms with E-state index < -0.39 is 16.1 Å². The Morgan fingerprint density at radius 1 is 0.289 bits per heavy atom. The van der Waals surface area contributed by atoms with Gasteiger partial charge < -0.3 is 9.13 Å². The van der Waals surface area contributed by atoms with Crippen molar-refractivity contribution in [3.05, 3.63) is 303 Å². The number of nitrogens with zero attached hydrogens (tertiary/aromatic N) is 2. The minimum Gasteiger partial charge on any atom is -0.307 e. The topological polar surface area (TPSA) is 9.86 Å². The van der Waals surface area contributed by atoms with E-state index in [9.17, 15) is 0 Å². The molecular formula is C72H50N2Si2. The molecule has 0 unspecified atom stereocenters. The van der Waals surface area contributed by atoms with Crippen molar-refractivity contribution in [3.63, 3.8) is 0 Å². The Balaban J connectivity index is 0.934. The summed E-state index contributed by atoms with van der Waals surface area (Å²) in [4.78, 5) is 0. The third-order valence-electron chi connectivity index (χ3n) is 16.6.